The van der Waals surface area contributed by atoms with Gasteiger partial charge in [-0.15, -0.1) is 0 Å². The molecule has 0 aromatic rings. The van der Waals surface area contributed by atoms with Crippen molar-refractivity contribution >= 4 is 35.8 Å². The van der Waals surface area contributed by atoms with Gasteiger partial charge in [0.25, 0.3) is 0 Å². The third-order valence-electron chi connectivity index (χ3n) is 10.3. The Hall–Kier alpha value is -17.5. The maximum absolute atomic E-state index is 12.9. The molecule has 508 valence electrons. The van der Waals surface area contributed by atoms with Crippen molar-refractivity contribution in [3.8, 4) is 379 Å². The Morgan fingerprint density at radius 2 is 0.370 bits per heavy atom. The van der Waals surface area contributed by atoms with Gasteiger partial charge in [0.05, 0.1) is 0 Å². The first-order chi connectivity index (χ1) is 53.1. The largest absolute Gasteiger partial charge is 0.455 e. The molecule has 12 heteroatoms. The van der Waals surface area contributed by atoms with Crippen LogP contribution in [0.15, 0.2) is 12.2 Å². The zero-order valence-corrected chi connectivity index (χ0v) is 58.9. The molecule has 12 nitrogen and oxygen atoms in total. The van der Waals surface area contributed by atoms with Crippen LogP contribution < -0.4 is 0 Å². The van der Waals surface area contributed by atoms with Crippen molar-refractivity contribution in [2.45, 2.75) is 130 Å². The lowest BCUT2D eigenvalue weighted by atomic mass is 10.1. The highest BCUT2D eigenvalue weighted by Crippen LogP contribution is 2.12. The summed E-state index contributed by atoms with van der Waals surface area (Å²) in [6, 6.07) is 0. The van der Waals surface area contributed by atoms with Gasteiger partial charge in [-0.05, 0) is 398 Å². The number of ether oxygens (including phenoxy) is 6. The summed E-state index contributed by atoms with van der Waals surface area (Å²) >= 11 is 0. The van der Waals surface area contributed by atoms with E-state index in [2.05, 4.69) is 391 Å². The van der Waals surface area contributed by atoms with E-state index >= 15 is 0 Å². The molecule has 0 heterocycles. The first-order valence-corrected chi connectivity index (χ1v) is 31.6. The van der Waals surface area contributed by atoms with Gasteiger partial charge in [-0.3, -0.25) is 9.59 Å². The van der Waals surface area contributed by atoms with Gasteiger partial charge in [0.1, 0.15) is 26.4 Å². The Bertz CT molecular complexity index is 4980. The minimum Gasteiger partial charge on any atom is -0.455 e. The molecule has 0 amide bonds. The summed E-state index contributed by atoms with van der Waals surface area (Å²) < 4.78 is 31.6. The van der Waals surface area contributed by atoms with Gasteiger partial charge in [0, 0.05) is 36.5 Å². The van der Waals surface area contributed by atoms with Crippen LogP contribution in [0.25, 0.3) is 0 Å². The summed E-state index contributed by atoms with van der Waals surface area (Å²) in [5.41, 5.74) is 0. The number of carbonyl (C=O) groups is 6. The highest BCUT2D eigenvalue weighted by atomic mass is 16.6. The van der Waals surface area contributed by atoms with Crippen molar-refractivity contribution in [1.82, 2.24) is 0 Å². The third kappa shape index (κ3) is 71.3. The number of hydrogen-bond donors (Lipinski definition) is 0. The average Bonchev–Trinajstić information content (AvgIpc) is 0.954. The minimum atomic E-state index is -1.19. The molecule has 0 rings (SSSR count). The molecule has 0 radical (unpaired) electrons. The van der Waals surface area contributed by atoms with Crippen LogP contribution in [-0.2, 0) is 57.2 Å². The highest BCUT2D eigenvalue weighted by Gasteiger charge is 2.20. The Balaban J connectivity index is 5.35. The summed E-state index contributed by atoms with van der Waals surface area (Å²) in [7, 11) is 0. The van der Waals surface area contributed by atoms with Gasteiger partial charge >= 0.3 is 35.8 Å². The second kappa shape index (κ2) is 75.3. The topological polar surface area (TPSA) is 158 Å². The molecular weight excluding hydrogens is 1350 g/mol. The first-order valence-electron chi connectivity index (χ1n) is 31.6. The number of unbranched alkanes of at least 4 members (excludes halogenated alkanes) is 10. The molecule has 0 aromatic carbocycles. The van der Waals surface area contributed by atoms with Crippen LogP contribution >= 0.6 is 0 Å². The lowest BCUT2D eigenvalue weighted by Crippen LogP contribution is -2.30. The van der Waals surface area contributed by atoms with Gasteiger partial charge in [0.15, 0.2) is 12.2 Å². The van der Waals surface area contributed by atoms with Crippen LogP contribution in [-0.4, -0.2) is 74.5 Å². The maximum Gasteiger partial charge on any atom is 0.385 e. The summed E-state index contributed by atoms with van der Waals surface area (Å²) in [5, 5.41) is 0. The summed E-state index contributed by atoms with van der Waals surface area (Å²) in [6.07, 6.45) is 11.9. The van der Waals surface area contributed by atoms with E-state index in [-0.39, 0.29) is 12.8 Å². The van der Waals surface area contributed by atoms with E-state index in [1.54, 1.807) is 27.7 Å². The number of allylic oxidation sites excluding steroid dienone is 2. The average molecular weight is 1400 g/mol. The Kier molecular flexibility index (Phi) is 63.0. The molecule has 0 bridgehead atoms. The molecule has 0 spiro atoms. The zero-order valence-electron chi connectivity index (χ0n) is 58.9. The molecule has 0 N–H and O–H groups in total. The highest BCUT2D eigenvalue weighted by molar-refractivity contribution is 5.90. The lowest BCUT2D eigenvalue weighted by molar-refractivity contribution is -0.163. The molecule has 0 saturated heterocycles. The second-order valence-electron chi connectivity index (χ2n) is 18.2. The molecule has 0 saturated carbocycles. The molecule has 0 atom stereocenters. The van der Waals surface area contributed by atoms with Gasteiger partial charge in [0.2, 0.25) is 0 Å². The third-order valence-corrected chi connectivity index (χ3v) is 10.3. The number of carbonyl (C=O) groups excluding carboxylic acids is 6. The van der Waals surface area contributed by atoms with Crippen molar-refractivity contribution in [3.63, 3.8) is 0 Å². The van der Waals surface area contributed by atoms with Crippen LogP contribution in [0.5, 0.6) is 0 Å². The fraction of sp³-hybridized carbons (Fsp3) is 0.250. The zero-order chi connectivity index (χ0) is 78.3. The standard InChI is InChI=1S/C96H52O12/c1-5-9-13-17-21-25-29-33-37-43-49-55-61-67-73-79-91(97)103-85-89(86-104-92(98)80-74-68-62-56-50-44-38-34-30-26-22-18-14-10-6-2)107-95(101)83-77-71-65-59-53-47-41-42-48-54-60-66-72-78-84-96(102)108-90(87-105-93(99)81-75-69-63-57-51-45-39-35-31-27-23-19-15-11-7-3)88-106-94(100)82-76-70-64-58-52-46-40-36-32-28-24-20-16-12-8-4/h41-42,89-90H,47-48,53-54,59-60,65-66,71-72,77-78,83-88H2,1-4H3/b42-41+. The molecule has 0 aliphatic heterocycles. The molecular formula is C96H52O12. The summed E-state index contributed by atoms with van der Waals surface area (Å²) in [6.45, 7) is 4.63. The predicted octanol–water partition coefficient (Wildman–Crippen LogP) is 5.19. The minimum absolute atomic E-state index is 0.0573. The second-order valence-corrected chi connectivity index (χ2v) is 18.2. The molecule has 108 heavy (non-hydrogen) atoms. The van der Waals surface area contributed by atoms with Crippen LogP contribution in [0.2, 0.25) is 0 Å². The predicted molar refractivity (Wildman–Crippen MR) is 409 cm³/mol. The van der Waals surface area contributed by atoms with Crippen LogP contribution in [0, 0.1) is 379 Å². The van der Waals surface area contributed by atoms with Crippen molar-refractivity contribution in [1.29, 1.82) is 0 Å². The van der Waals surface area contributed by atoms with E-state index in [4.69, 9.17) is 28.4 Å². The summed E-state index contributed by atoms with van der Waals surface area (Å²) in [5.74, 6) is 151. The molecule has 0 aromatic heterocycles. The quantitative estimate of drug-likeness (QED) is 0.0280. The van der Waals surface area contributed by atoms with Crippen LogP contribution in [0.1, 0.15) is 118 Å². The van der Waals surface area contributed by atoms with E-state index in [1.165, 1.54) is 0 Å². The molecule has 0 aliphatic carbocycles. The maximum atomic E-state index is 12.9. The van der Waals surface area contributed by atoms with E-state index in [0.717, 1.165) is 64.2 Å². The lowest BCUT2D eigenvalue weighted by Gasteiger charge is -2.16. The van der Waals surface area contributed by atoms with E-state index in [9.17, 15) is 28.8 Å². The molecule has 0 aliphatic rings. The van der Waals surface area contributed by atoms with E-state index in [0.29, 0.717) is 12.8 Å². The fourth-order valence-electron chi connectivity index (χ4n) is 5.98. The van der Waals surface area contributed by atoms with Crippen molar-refractivity contribution in [3.05, 3.63) is 12.2 Å². The number of hydrogen-bond acceptors (Lipinski definition) is 12. The van der Waals surface area contributed by atoms with Crippen LogP contribution in [0.4, 0.5) is 0 Å². The van der Waals surface area contributed by atoms with E-state index < -0.39 is 74.5 Å². The van der Waals surface area contributed by atoms with Gasteiger partial charge in [-0.1, -0.05) is 74.4 Å². The number of esters is 6. The van der Waals surface area contributed by atoms with Crippen molar-refractivity contribution in [2.75, 3.05) is 26.4 Å². The molecule has 0 unspecified atom stereocenters. The summed E-state index contributed by atoms with van der Waals surface area (Å²) in [4.78, 5) is 75.2. The van der Waals surface area contributed by atoms with Crippen molar-refractivity contribution in [2.24, 2.45) is 0 Å². The Morgan fingerprint density at radius 1 is 0.213 bits per heavy atom. The number of rotatable bonds is 26. The van der Waals surface area contributed by atoms with E-state index in [1.807, 2.05) is 0 Å². The molecule has 0 fully saturated rings. The van der Waals surface area contributed by atoms with Crippen LogP contribution in [0.3, 0.4) is 0 Å². The first kappa shape index (κ1) is 90.5. The Labute approximate surface area is 636 Å². The smallest absolute Gasteiger partial charge is 0.385 e. The normalized spacial score (nSPS) is 6.83. The van der Waals surface area contributed by atoms with Gasteiger partial charge in [-0.25, -0.2) is 19.2 Å². The monoisotopic (exact) mass is 1400 g/mol. The SMILES string of the molecule is CC#CC#CC#CC#CC#CC#CC#CC#CC(=O)OCC(COC(=O)C#CC#CC#CC#CC#CC#CC#CC#CC)OC(=O)CCCCCCC/C=C/CCCCCCCC(=O)OC(COC(=O)C#CC#CC#CC#CC#CC#CC#CC#CC)COC(=O)C#CC#CC#CC#CC#CC#CC#CC#CC. The fourth-order valence-corrected chi connectivity index (χ4v) is 5.98. The van der Waals surface area contributed by atoms with Gasteiger partial charge in [-0.2, -0.15) is 0 Å². The van der Waals surface area contributed by atoms with Gasteiger partial charge < -0.3 is 28.4 Å². The Morgan fingerprint density at radius 3 is 0.556 bits per heavy atom. The van der Waals surface area contributed by atoms with Crippen molar-refractivity contribution < 1.29 is 57.2 Å².